The van der Waals surface area contributed by atoms with Gasteiger partial charge in [0.25, 0.3) is 0 Å². The number of nitrogens with one attached hydrogen (secondary N) is 1. The van der Waals surface area contributed by atoms with Crippen molar-refractivity contribution in [2.24, 2.45) is 13.0 Å². The van der Waals surface area contributed by atoms with Crippen molar-refractivity contribution >= 4 is 5.91 Å². The lowest BCUT2D eigenvalue weighted by atomic mass is 9.75. The van der Waals surface area contributed by atoms with E-state index in [-0.39, 0.29) is 17.6 Å². The Morgan fingerprint density at radius 3 is 2.75 bits per heavy atom. The van der Waals surface area contributed by atoms with Gasteiger partial charge in [0.1, 0.15) is 0 Å². The van der Waals surface area contributed by atoms with E-state index in [1.54, 1.807) is 10.9 Å². The highest BCUT2D eigenvalue weighted by molar-refractivity contribution is 5.76. The fourth-order valence-electron chi connectivity index (χ4n) is 4.75. The molecule has 2 aliphatic heterocycles. The summed E-state index contributed by atoms with van der Waals surface area (Å²) < 4.78 is 8.06. The maximum Gasteiger partial charge on any atom is 0.220 e. The van der Waals surface area contributed by atoms with E-state index in [1.165, 1.54) is 19.4 Å². The van der Waals surface area contributed by atoms with Crippen LogP contribution in [0.15, 0.2) is 12.3 Å². The normalized spacial score (nSPS) is 30.5. The summed E-state index contributed by atoms with van der Waals surface area (Å²) in [6, 6.07) is 1.56. The van der Waals surface area contributed by atoms with Crippen molar-refractivity contribution in [2.75, 3.05) is 26.2 Å². The van der Waals surface area contributed by atoms with Gasteiger partial charge in [-0.2, -0.15) is 5.10 Å². The largest absolute Gasteiger partial charge is 0.388 e. The third-order valence-corrected chi connectivity index (χ3v) is 6.83. The molecule has 7 nitrogen and oxygen atoms in total. The zero-order valence-corrected chi connectivity index (χ0v) is 17.2. The first-order valence-corrected chi connectivity index (χ1v) is 10.7. The number of carbonyl (C=O) groups excluding carboxylic acids is 1. The summed E-state index contributed by atoms with van der Waals surface area (Å²) in [5.41, 5.74) is -0.155. The highest BCUT2D eigenvalue weighted by Gasteiger charge is 2.49. The number of ether oxygens (including phenoxy) is 1. The molecule has 1 spiro atoms. The fraction of sp³-hybridized carbons (Fsp3) is 0.810. The van der Waals surface area contributed by atoms with Crippen LogP contribution in [-0.2, 0) is 23.0 Å². The van der Waals surface area contributed by atoms with Gasteiger partial charge in [0.2, 0.25) is 5.91 Å². The standard InChI is InChI=1S/C21H34N4O3/c1-20(27)15-21(8-11-25(12-9-21)13-16-3-4-16)28-14-18(20)23-19(26)6-5-17-7-10-22-24(17)2/h7,10,16,18,27H,3-6,8-9,11-15H2,1-2H3,(H,23,26)/t18-,20-/m0/s1. The molecule has 2 N–H and O–H groups in total. The minimum absolute atomic E-state index is 0.0507. The van der Waals surface area contributed by atoms with Gasteiger partial charge in [0.15, 0.2) is 0 Å². The van der Waals surface area contributed by atoms with Gasteiger partial charge in [-0.05, 0) is 51.0 Å². The van der Waals surface area contributed by atoms with E-state index in [4.69, 9.17) is 4.74 Å². The Labute approximate surface area is 167 Å². The van der Waals surface area contributed by atoms with E-state index in [0.717, 1.165) is 37.5 Å². The topological polar surface area (TPSA) is 79.6 Å². The van der Waals surface area contributed by atoms with Gasteiger partial charge in [-0.25, -0.2) is 0 Å². The van der Waals surface area contributed by atoms with E-state index in [1.807, 2.05) is 20.0 Å². The monoisotopic (exact) mass is 390 g/mol. The van der Waals surface area contributed by atoms with Gasteiger partial charge >= 0.3 is 0 Å². The molecule has 7 heteroatoms. The predicted octanol–water partition coefficient (Wildman–Crippen LogP) is 1.25. The molecule has 28 heavy (non-hydrogen) atoms. The number of aryl methyl sites for hydroxylation is 2. The Hall–Kier alpha value is -1.44. The van der Waals surface area contributed by atoms with Crippen molar-refractivity contribution in [3.63, 3.8) is 0 Å². The minimum atomic E-state index is -0.945. The predicted molar refractivity (Wildman–Crippen MR) is 106 cm³/mol. The zero-order valence-electron chi connectivity index (χ0n) is 17.2. The smallest absolute Gasteiger partial charge is 0.220 e. The zero-order chi connectivity index (χ0) is 19.8. The summed E-state index contributed by atoms with van der Waals surface area (Å²) in [7, 11) is 1.88. The highest BCUT2D eigenvalue weighted by Crippen LogP contribution is 2.40. The van der Waals surface area contributed by atoms with Crippen molar-refractivity contribution < 1.29 is 14.6 Å². The molecule has 1 aromatic heterocycles. The number of aromatic nitrogens is 2. The number of hydrogen-bond donors (Lipinski definition) is 2. The molecule has 1 aromatic rings. The van der Waals surface area contributed by atoms with Crippen LogP contribution in [-0.4, -0.2) is 69.2 Å². The van der Waals surface area contributed by atoms with Crippen molar-refractivity contribution in [1.82, 2.24) is 20.0 Å². The van der Waals surface area contributed by atoms with Gasteiger partial charge < -0.3 is 20.1 Å². The lowest BCUT2D eigenvalue weighted by Crippen LogP contribution is -2.64. The molecule has 2 saturated heterocycles. The number of amides is 1. The van der Waals surface area contributed by atoms with Crippen LogP contribution in [0.1, 0.15) is 51.1 Å². The fourth-order valence-corrected chi connectivity index (χ4v) is 4.75. The van der Waals surface area contributed by atoms with Gasteiger partial charge in [-0.1, -0.05) is 0 Å². The molecule has 1 saturated carbocycles. The molecule has 0 aromatic carbocycles. The van der Waals surface area contributed by atoms with Crippen LogP contribution in [0.2, 0.25) is 0 Å². The molecule has 0 unspecified atom stereocenters. The molecule has 3 aliphatic rings. The maximum atomic E-state index is 12.4. The van der Waals surface area contributed by atoms with E-state index in [2.05, 4.69) is 15.3 Å². The highest BCUT2D eigenvalue weighted by atomic mass is 16.5. The molecule has 2 atom stereocenters. The van der Waals surface area contributed by atoms with Gasteiger partial charge in [-0.3, -0.25) is 9.48 Å². The van der Waals surface area contributed by atoms with Gasteiger partial charge in [0, 0.05) is 51.4 Å². The number of hydrogen-bond acceptors (Lipinski definition) is 5. The van der Waals surface area contributed by atoms with E-state index < -0.39 is 5.60 Å². The van der Waals surface area contributed by atoms with Crippen LogP contribution in [0, 0.1) is 5.92 Å². The lowest BCUT2D eigenvalue weighted by Gasteiger charge is -2.51. The quantitative estimate of drug-likeness (QED) is 0.764. The summed E-state index contributed by atoms with van der Waals surface area (Å²) in [5.74, 6) is 0.862. The summed E-state index contributed by atoms with van der Waals surface area (Å²) in [4.78, 5) is 15.0. The molecule has 1 amide bonds. The van der Waals surface area contributed by atoms with E-state index in [9.17, 15) is 9.90 Å². The summed E-state index contributed by atoms with van der Waals surface area (Å²) >= 11 is 0. The number of piperidine rings is 1. The van der Waals surface area contributed by atoms with Crippen LogP contribution < -0.4 is 5.32 Å². The van der Waals surface area contributed by atoms with Crippen molar-refractivity contribution in [3.8, 4) is 0 Å². The Morgan fingerprint density at radius 2 is 2.14 bits per heavy atom. The van der Waals surface area contributed by atoms with Gasteiger partial charge in [0.05, 0.1) is 23.9 Å². The SMILES string of the molecule is Cn1nccc1CCC(=O)N[C@H]1COC2(CCN(CC3CC3)CC2)C[C@]1(C)O. The van der Waals surface area contributed by atoms with Crippen LogP contribution in [0.25, 0.3) is 0 Å². The first-order valence-electron chi connectivity index (χ1n) is 10.7. The van der Waals surface area contributed by atoms with E-state index >= 15 is 0 Å². The van der Waals surface area contributed by atoms with Crippen LogP contribution in [0.4, 0.5) is 0 Å². The molecular weight excluding hydrogens is 356 g/mol. The average Bonchev–Trinajstić information content (AvgIpc) is 3.37. The number of aliphatic hydroxyl groups is 1. The number of carbonyl (C=O) groups is 1. The molecule has 1 aliphatic carbocycles. The second kappa shape index (κ2) is 7.76. The van der Waals surface area contributed by atoms with Crippen LogP contribution >= 0.6 is 0 Å². The minimum Gasteiger partial charge on any atom is -0.388 e. The second-order valence-electron chi connectivity index (χ2n) is 9.34. The van der Waals surface area contributed by atoms with Gasteiger partial charge in [-0.15, -0.1) is 0 Å². The average molecular weight is 391 g/mol. The third-order valence-electron chi connectivity index (χ3n) is 6.83. The summed E-state index contributed by atoms with van der Waals surface area (Å²) in [6.45, 7) is 5.55. The Bertz CT molecular complexity index is 690. The number of nitrogens with zero attached hydrogens (tertiary/aromatic N) is 3. The van der Waals surface area contributed by atoms with Crippen LogP contribution in [0.3, 0.4) is 0 Å². The molecule has 0 radical (unpaired) electrons. The van der Waals surface area contributed by atoms with Crippen LogP contribution in [0.5, 0.6) is 0 Å². The molecule has 3 fully saturated rings. The van der Waals surface area contributed by atoms with Crippen molar-refractivity contribution in [1.29, 1.82) is 0 Å². The molecular formula is C21H34N4O3. The first kappa shape index (κ1) is 19.9. The third kappa shape index (κ3) is 4.58. The molecule has 3 heterocycles. The van der Waals surface area contributed by atoms with Crippen molar-refractivity contribution in [3.05, 3.63) is 18.0 Å². The Balaban J connectivity index is 1.26. The number of rotatable bonds is 6. The maximum absolute atomic E-state index is 12.4. The Morgan fingerprint density at radius 1 is 1.39 bits per heavy atom. The Kier molecular flexibility index (Phi) is 5.51. The molecule has 4 rings (SSSR count). The molecule has 0 bridgehead atoms. The number of likely N-dealkylation sites (tertiary alicyclic amines) is 1. The summed E-state index contributed by atoms with van der Waals surface area (Å²) in [6.07, 6.45) is 8.05. The first-order chi connectivity index (χ1) is 13.4. The molecule has 156 valence electrons. The van der Waals surface area contributed by atoms with Crippen molar-refractivity contribution in [2.45, 2.75) is 69.1 Å². The van der Waals surface area contributed by atoms with E-state index in [0.29, 0.717) is 25.9 Å². The summed E-state index contributed by atoms with van der Waals surface area (Å²) in [5, 5.41) is 18.2. The second-order valence-corrected chi connectivity index (χ2v) is 9.34. The lowest BCUT2D eigenvalue weighted by molar-refractivity contribution is -0.189.